The molecule has 1 aromatic carbocycles. The summed E-state index contributed by atoms with van der Waals surface area (Å²) in [5.74, 6) is 0.326. The Bertz CT molecular complexity index is 582. The molecule has 0 saturated carbocycles. The van der Waals surface area contributed by atoms with Crippen LogP contribution in [-0.4, -0.2) is 20.9 Å². The molecule has 0 aliphatic carbocycles. The molecule has 0 unspecified atom stereocenters. The van der Waals surface area contributed by atoms with Crippen molar-refractivity contribution in [2.45, 2.75) is 38.5 Å². The second-order valence-electron chi connectivity index (χ2n) is 5.21. The molecular weight excluding hydrogens is 298 g/mol. The van der Waals surface area contributed by atoms with Crippen molar-refractivity contribution >= 4 is 25.6 Å². The Kier molecular flexibility index (Phi) is 6.02. The minimum atomic E-state index is -3.82. The smallest absolute Gasteiger partial charge is 0.261 e. The van der Waals surface area contributed by atoms with Gasteiger partial charge in [-0.2, -0.15) is 0 Å². The van der Waals surface area contributed by atoms with Crippen LogP contribution in [0.2, 0.25) is 0 Å². The highest BCUT2D eigenvalue weighted by Crippen LogP contribution is 2.19. The summed E-state index contributed by atoms with van der Waals surface area (Å²) in [5.41, 5.74) is 1.06. The molecule has 0 heterocycles. The molecule has 0 fully saturated rings. The van der Waals surface area contributed by atoms with Crippen LogP contribution in [0, 0.1) is 12.8 Å². The zero-order valence-electron chi connectivity index (χ0n) is 11.9. The van der Waals surface area contributed by atoms with E-state index < -0.39 is 9.05 Å². The van der Waals surface area contributed by atoms with Gasteiger partial charge in [0.25, 0.3) is 15.0 Å². The third-order valence-electron chi connectivity index (χ3n) is 2.98. The lowest BCUT2D eigenvalue weighted by atomic mass is 10.1. The predicted molar refractivity (Wildman–Crippen MR) is 80.6 cm³/mol. The summed E-state index contributed by atoms with van der Waals surface area (Å²) in [4.78, 5) is 12.0. The van der Waals surface area contributed by atoms with Crippen LogP contribution < -0.4 is 5.32 Å². The average Bonchev–Trinajstić information content (AvgIpc) is 2.33. The average molecular weight is 318 g/mol. The summed E-state index contributed by atoms with van der Waals surface area (Å²) in [6.07, 6.45) is 1.94. The van der Waals surface area contributed by atoms with Gasteiger partial charge in [-0.3, -0.25) is 4.79 Å². The zero-order chi connectivity index (χ0) is 15.3. The maximum Gasteiger partial charge on any atom is 0.261 e. The van der Waals surface area contributed by atoms with Crippen molar-refractivity contribution in [2.24, 2.45) is 5.92 Å². The largest absolute Gasteiger partial charge is 0.352 e. The Hall–Kier alpha value is -1.07. The summed E-state index contributed by atoms with van der Waals surface area (Å²) in [6.45, 7) is 6.59. The number of halogens is 1. The lowest BCUT2D eigenvalue weighted by molar-refractivity contribution is 0.0951. The van der Waals surface area contributed by atoms with Crippen LogP contribution in [0.15, 0.2) is 23.1 Å². The number of amides is 1. The lowest BCUT2D eigenvalue weighted by Gasteiger charge is -2.09. The first-order valence-electron chi connectivity index (χ1n) is 6.55. The highest BCUT2D eigenvalue weighted by molar-refractivity contribution is 8.13. The summed E-state index contributed by atoms with van der Waals surface area (Å²) in [6, 6.07) is 4.29. The van der Waals surface area contributed by atoms with Gasteiger partial charge in [-0.1, -0.05) is 19.9 Å². The minimum Gasteiger partial charge on any atom is -0.352 e. The Morgan fingerprint density at radius 3 is 2.55 bits per heavy atom. The molecule has 6 heteroatoms. The predicted octanol–water partition coefficient (Wildman–Crippen LogP) is 3.09. The highest BCUT2D eigenvalue weighted by Gasteiger charge is 2.15. The number of benzene rings is 1. The topological polar surface area (TPSA) is 63.2 Å². The van der Waals surface area contributed by atoms with Gasteiger partial charge in [0.05, 0.1) is 4.90 Å². The molecule has 0 aliphatic rings. The van der Waals surface area contributed by atoms with Crippen LogP contribution in [0.4, 0.5) is 0 Å². The molecule has 0 spiro atoms. The van der Waals surface area contributed by atoms with Crippen molar-refractivity contribution in [1.29, 1.82) is 0 Å². The Labute approximate surface area is 124 Å². The molecule has 0 saturated heterocycles. The van der Waals surface area contributed by atoms with Crippen LogP contribution in [0.5, 0.6) is 0 Å². The van der Waals surface area contributed by atoms with Crippen molar-refractivity contribution in [3.63, 3.8) is 0 Å². The molecule has 0 atom stereocenters. The first-order valence-corrected chi connectivity index (χ1v) is 8.86. The zero-order valence-corrected chi connectivity index (χ0v) is 13.5. The number of nitrogens with one attached hydrogen (secondary N) is 1. The second-order valence-corrected chi connectivity index (χ2v) is 7.77. The second kappa shape index (κ2) is 7.09. The Balaban J connectivity index is 2.77. The Morgan fingerprint density at radius 2 is 2.00 bits per heavy atom. The minimum absolute atomic E-state index is 0.0582. The molecule has 20 heavy (non-hydrogen) atoms. The number of carbonyl (C=O) groups excluding carboxylic acids is 1. The SMILES string of the molecule is Cc1ccc(S(=O)(=O)Cl)cc1C(=O)NCCCC(C)C. The van der Waals surface area contributed by atoms with Gasteiger partial charge in [0.1, 0.15) is 0 Å². The van der Waals surface area contributed by atoms with Gasteiger partial charge in [0, 0.05) is 22.8 Å². The Morgan fingerprint density at radius 1 is 1.35 bits per heavy atom. The van der Waals surface area contributed by atoms with Gasteiger partial charge < -0.3 is 5.32 Å². The normalized spacial score (nSPS) is 11.7. The van der Waals surface area contributed by atoms with Crippen LogP contribution in [-0.2, 0) is 9.05 Å². The lowest BCUT2D eigenvalue weighted by Crippen LogP contribution is -2.25. The molecule has 0 aliphatic heterocycles. The van der Waals surface area contributed by atoms with Crippen molar-refractivity contribution < 1.29 is 13.2 Å². The molecule has 112 valence electrons. The van der Waals surface area contributed by atoms with Crippen molar-refractivity contribution in [3.05, 3.63) is 29.3 Å². The first-order chi connectivity index (χ1) is 9.21. The summed E-state index contributed by atoms with van der Waals surface area (Å²) < 4.78 is 22.6. The molecule has 0 aromatic heterocycles. The van der Waals surface area contributed by atoms with E-state index in [2.05, 4.69) is 19.2 Å². The molecule has 1 amide bonds. The van der Waals surface area contributed by atoms with Crippen molar-refractivity contribution in [3.8, 4) is 0 Å². The number of aryl methyl sites for hydroxylation is 1. The highest BCUT2D eigenvalue weighted by atomic mass is 35.7. The fraction of sp³-hybridized carbons (Fsp3) is 0.500. The van der Waals surface area contributed by atoms with E-state index in [9.17, 15) is 13.2 Å². The van der Waals surface area contributed by atoms with E-state index in [0.717, 1.165) is 18.4 Å². The fourth-order valence-electron chi connectivity index (χ4n) is 1.80. The third-order valence-corrected chi connectivity index (χ3v) is 4.33. The molecule has 1 rings (SSSR count). The van der Waals surface area contributed by atoms with E-state index in [-0.39, 0.29) is 10.8 Å². The molecule has 4 nitrogen and oxygen atoms in total. The van der Waals surface area contributed by atoms with Crippen LogP contribution in [0.3, 0.4) is 0 Å². The summed E-state index contributed by atoms with van der Waals surface area (Å²) >= 11 is 0. The van der Waals surface area contributed by atoms with E-state index in [1.165, 1.54) is 12.1 Å². The number of hydrogen-bond donors (Lipinski definition) is 1. The molecule has 1 aromatic rings. The van der Waals surface area contributed by atoms with Gasteiger partial charge in [-0.05, 0) is 43.4 Å². The number of rotatable bonds is 6. The quantitative estimate of drug-likeness (QED) is 0.647. The summed E-state index contributed by atoms with van der Waals surface area (Å²) in [5, 5.41) is 2.80. The fourth-order valence-corrected chi connectivity index (χ4v) is 2.58. The van der Waals surface area contributed by atoms with Gasteiger partial charge in [0.2, 0.25) is 0 Å². The molecule has 0 bridgehead atoms. The van der Waals surface area contributed by atoms with Crippen LogP contribution in [0.25, 0.3) is 0 Å². The standard InChI is InChI=1S/C14H20ClNO3S/c1-10(2)5-4-8-16-14(17)13-9-12(20(15,18)19)7-6-11(13)3/h6-7,9-10H,4-5,8H2,1-3H3,(H,16,17). The van der Waals surface area contributed by atoms with Crippen molar-refractivity contribution in [2.75, 3.05) is 6.54 Å². The monoisotopic (exact) mass is 317 g/mol. The van der Waals surface area contributed by atoms with E-state index >= 15 is 0 Å². The molecule has 1 N–H and O–H groups in total. The van der Waals surface area contributed by atoms with Gasteiger partial charge in [-0.25, -0.2) is 8.42 Å². The number of hydrogen-bond acceptors (Lipinski definition) is 3. The van der Waals surface area contributed by atoms with Gasteiger partial charge in [0.15, 0.2) is 0 Å². The van der Waals surface area contributed by atoms with Crippen LogP contribution >= 0.6 is 10.7 Å². The summed E-state index contributed by atoms with van der Waals surface area (Å²) in [7, 11) is 1.47. The van der Waals surface area contributed by atoms with Crippen LogP contribution in [0.1, 0.15) is 42.6 Å². The molecule has 0 radical (unpaired) electrons. The van der Waals surface area contributed by atoms with E-state index in [4.69, 9.17) is 10.7 Å². The maximum absolute atomic E-state index is 12.0. The maximum atomic E-state index is 12.0. The molecular formula is C14H20ClNO3S. The van der Waals surface area contributed by atoms with Gasteiger partial charge in [-0.15, -0.1) is 0 Å². The van der Waals surface area contributed by atoms with Crippen molar-refractivity contribution in [1.82, 2.24) is 5.32 Å². The first kappa shape index (κ1) is 17.0. The van der Waals surface area contributed by atoms with E-state index in [1.54, 1.807) is 13.0 Å². The number of carbonyl (C=O) groups is 1. The van der Waals surface area contributed by atoms with E-state index in [1.807, 2.05) is 0 Å². The van der Waals surface area contributed by atoms with E-state index in [0.29, 0.717) is 18.0 Å². The third kappa shape index (κ3) is 5.13. The van der Waals surface area contributed by atoms with Gasteiger partial charge >= 0.3 is 0 Å².